The molecule has 0 aliphatic heterocycles. The number of hydrogen-bond acceptors (Lipinski definition) is 4. The summed E-state index contributed by atoms with van der Waals surface area (Å²) in [5.74, 6) is 0.403. The predicted molar refractivity (Wildman–Crippen MR) is 136 cm³/mol. The lowest BCUT2D eigenvalue weighted by atomic mass is 9.98. The SMILES string of the molecule is N#Cc1c(NC(=O)c2ccc(-c3ccc(Cl)cc3Cl)o2)oc(-c2ccccc2)c1-c1ccccc1. The Kier molecular flexibility index (Phi) is 6.15. The van der Waals surface area contributed by atoms with E-state index in [9.17, 15) is 10.1 Å². The van der Waals surface area contributed by atoms with Crippen LogP contribution in [0.3, 0.4) is 0 Å². The van der Waals surface area contributed by atoms with Crippen molar-refractivity contribution in [2.75, 3.05) is 5.32 Å². The fourth-order valence-corrected chi connectivity index (χ4v) is 4.26. The highest BCUT2D eigenvalue weighted by molar-refractivity contribution is 6.36. The number of nitrogens with one attached hydrogen (secondary N) is 1. The van der Waals surface area contributed by atoms with Crippen molar-refractivity contribution in [3.63, 3.8) is 0 Å². The number of hydrogen-bond donors (Lipinski definition) is 1. The van der Waals surface area contributed by atoms with Crippen LogP contribution in [0.4, 0.5) is 5.88 Å². The second kappa shape index (κ2) is 9.55. The lowest BCUT2D eigenvalue weighted by molar-refractivity contribution is 0.0995. The molecule has 1 N–H and O–H groups in total. The van der Waals surface area contributed by atoms with Gasteiger partial charge in [0, 0.05) is 21.7 Å². The van der Waals surface area contributed by atoms with Crippen molar-refractivity contribution in [3.8, 4) is 39.8 Å². The van der Waals surface area contributed by atoms with Gasteiger partial charge in [-0.1, -0.05) is 83.9 Å². The van der Waals surface area contributed by atoms with E-state index < -0.39 is 5.91 Å². The molecule has 2 heterocycles. The molecule has 0 spiro atoms. The number of nitrogens with zero attached hydrogens (tertiary/aromatic N) is 1. The molecule has 170 valence electrons. The van der Waals surface area contributed by atoms with Crippen molar-refractivity contribution in [1.29, 1.82) is 5.26 Å². The molecular formula is C28H16Cl2N2O3. The maximum Gasteiger partial charge on any atom is 0.293 e. The Morgan fingerprint density at radius 1 is 0.829 bits per heavy atom. The van der Waals surface area contributed by atoms with Crippen molar-refractivity contribution in [3.05, 3.63) is 112 Å². The third kappa shape index (κ3) is 4.45. The lowest BCUT2D eigenvalue weighted by Gasteiger charge is -2.03. The number of nitriles is 1. The summed E-state index contributed by atoms with van der Waals surface area (Å²) in [7, 11) is 0. The van der Waals surface area contributed by atoms with Gasteiger partial charge in [-0.05, 0) is 35.9 Å². The monoisotopic (exact) mass is 498 g/mol. The van der Waals surface area contributed by atoms with Gasteiger partial charge in [0.1, 0.15) is 23.2 Å². The molecule has 0 bridgehead atoms. The van der Waals surface area contributed by atoms with Crippen molar-refractivity contribution in [1.82, 2.24) is 0 Å². The summed E-state index contributed by atoms with van der Waals surface area (Å²) >= 11 is 12.2. The van der Waals surface area contributed by atoms with Crippen LogP contribution in [-0.2, 0) is 0 Å². The van der Waals surface area contributed by atoms with Crippen LogP contribution < -0.4 is 5.32 Å². The molecule has 0 aliphatic rings. The van der Waals surface area contributed by atoms with E-state index in [2.05, 4.69) is 11.4 Å². The fourth-order valence-electron chi connectivity index (χ4n) is 3.76. The van der Waals surface area contributed by atoms with Crippen molar-refractivity contribution in [2.45, 2.75) is 0 Å². The molecule has 35 heavy (non-hydrogen) atoms. The molecule has 0 fully saturated rings. The molecule has 0 radical (unpaired) electrons. The number of halogens is 2. The summed E-state index contributed by atoms with van der Waals surface area (Å²) in [4.78, 5) is 13.0. The van der Waals surface area contributed by atoms with Crippen LogP contribution in [0, 0.1) is 11.3 Å². The third-order valence-corrected chi connectivity index (χ3v) is 5.92. The number of furan rings is 2. The summed E-state index contributed by atoms with van der Waals surface area (Å²) in [6, 6.07) is 29.2. The number of carbonyl (C=O) groups is 1. The Morgan fingerprint density at radius 3 is 2.17 bits per heavy atom. The van der Waals surface area contributed by atoms with E-state index in [0.29, 0.717) is 32.7 Å². The first kappa shape index (κ1) is 22.5. The zero-order valence-electron chi connectivity index (χ0n) is 18.1. The maximum absolute atomic E-state index is 13.0. The first-order valence-corrected chi connectivity index (χ1v) is 11.3. The molecular weight excluding hydrogens is 483 g/mol. The second-order valence-corrected chi connectivity index (χ2v) is 8.44. The summed E-state index contributed by atoms with van der Waals surface area (Å²) in [6.45, 7) is 0. The van der Waals surface area contributed by atoms with Crippen LogP contribution in [0.5, 0.6) is 0 Å². The zero-order valence-corrected chi connectivity index (χ0v) is 19.6. The topological polar surface area (TPSA) is 79.2 Å². The van der Waals surface area contributed by atoms with Crippen LogP contribution >= 0.6 is 23.2 Å². The van der Waals surface area contributed by atoms with Gasteiger partial charge in [0.25, 0.3) is 5.91 Å². The van der Waals surface area contributed by atoms with Crippen LogP contribution in [-0.4, -0.2) is 5.91 Å². The summed E-state index contributed by atoms with van der Waals surface area (Å²) in [6.07, 6.45) is 0. The largest absolute Gasteiger partial charge is 0.451 e. The molecule has 2 aromatic heterocycles. The zero-order chi connectivity index (χ0) is 24.4. The molecule has 5 nitrogen and oxygen atoms in total. The van der Waals surface area contributed by atoms with Gasteiger partial charge < -0.3 is 8.83 Å². The highest BCUT2D eigenvalue weighted by Crippen LogP contribution is 2.41. The van der Waals surface area contributed by atoms with Gasteiger partial charge in [0.05, 0.1) is 5.02 Å². The minimum Gasteiger partial charge on any atom is -0.451 e. The Hall–Kier alpha value is -4.24. The molecule has 3 aromatic carbocycles. The van der Waals surface area contributed by atoms with E-state index in [1.807, 2.05) is 60.7 Å². The van der Waals surface area contributed by atoms with Crippen LogP contribution in [0.15, 0.2) is 99.8 Å². The molecule has 0 saturated carbocycles. The van der Waals surface area contributed by atoms with Gasteiger partial charge in [-0.25, -0.2) is 0 Å². The molecule has 0 unspecified atom stereocenters. The van der Waals surface area contributed by atoms with E-state index in [1.54, 1.807) is 24.3 Å². The number of anilines is 1. The predicted octanol–water partition coefficient (Wildman–Crippen LogP) is 8.30. The Labute approximate surface area is 211 Å². The highest BCUT2D eigenvalue weighted by atomic mass is 35.5. The van der Waals surface area contributed by atoms with Gasteiger partial charge in [0.15, 0.2) is 5.76 Å². The number of rotatable bonds is 5. The standard InChI is InChI=1S/C28H16Cl2N2O3/c29-19-11-12-20(22(30)15-19)23-13-14-24(34-23)27(33)32-28-21(16-31)25(17-7-3-1-4-8-17)26(35-28)18-9-5-2-6-10-18/h1-15H,(H,32,33). The van der Waals surface area contributed by atoms with E-state index in [0.717, 1.165) is 11.1 Å². The Balaban J connectivity index is 1.53. The van der Waals surface area contributed by atoms with Gasteiger partial charge in [-0.3, -0.25) is 10.1 Å². The molecule has 5 aromatic rings. The van der Waals surface area contributed by atoms with Gasteiger partial charge in [-0.15, -0.1) is 0 Å². The van der Waals surface area contributed by atoms with Gasteiger partial charge >= 0.3 is 0 Å². The second-order valence-electron chi connectivity index (χ2n) is 7.60. The average Bonchev–Trinajstić information content (AvgIpc) is 3.50. The summed E-state index contributed by atoms with van der Waals surface area (Å²) in [5, 5.41) is 13.6. The minimum atomic E-state index is -0.564. The molecule has 0 saturated heterocycles. The van der Waals surface area contributed by atoms with Gasteiger partial charge in [0.2, 0.25) is 5.88 Å². The maximum atomic E-state index is 13.0. The Morgan fingerprint density at radius 2 is 1.51 bits per heavy atom. The summed E-state index contributed by atoms with van der Waals surface area (Å²) in [5.41, 5.74) is 2.99. The fraction of sp³-hybridized carbons (Fsp3) is 0. The van der Waals surface area contributed by atoms with Crippen molar-refractivity contribution < 1.29 is 13.6 Å². The lowest BCUT2D eigenvalue weighted by Crippen LogP contribution is -2.11. The number of carbonyl (C=O) groups excluding carboxylic acids is 1. The molecule has 1 amide bonds. The Bertz CT molecular complexity index is 1570. The number of benzene rings is 3. The normalized spacial score (nSPS) is 10.7. The van der Waals surface area contributed by atoms with Crippen LogP contribution in [0.25, 0.3) is 33.8 Å². The average molecular weight is 499 g/mol. The minimum absolute atomic E-state index is 0.0360. The molecule has 7 heteroatoms. The first-order valence-electron chi connectivity index (χ1n) is 10.6. The van der Waals surface area contributed by atoms with E-state index >= 15 is 0 Å². The first-order chi connectivity index (χ1) is 17.0. The molecule has 0 aliphatic carbocycles. The quantitative estimate of drug-likeness (QED) is 0.264. The third-order valence-electron chi connectivity index (χ3n) is 5.37. The smallest absolute Gasteiger partial charge is 0.293 e. The van der Waals surface area contributed by atoms with Gasteiger partial charge in [-0.2, -0.15) is 5.26 Å². The van der Waals surface area contributed by atoms with Crippen molar-refractivity contribution in [2.24, 2.45) is 0 Å². The van der Waals surface area contributed by atoms with E-state index in [4.69, 9.17) is 32.0 Å². The number of amides is 1. The van der Waals surface area contributed by atoms with Crippen LogP contribution in [0.1, 0.15) is 16.1 Å². The van der Waals surface area contributed by atoms with Crippen molar-refractivity contribution >= 4 is 35.0 Å². The van der Waals surface area contributed by atoms with E-state index in [-0.39, 0.29) is 17.2 Å². The van der Waals surface area contributed by atoms with E-state index in [1.165, 1.54) is 6.07 Å². The molecule has 0 atom stereocenters. The van der Waals surface area contributed by atoms with Crippen LogP contribution in [0.2, 0.25) is 10.0 Å². The highest BCUT2D eigenvalue weighted by Gasteiger charge is 2.25. The molecule has 5 rings (SSSR count). The summed E-state index contributed by atoms with van der Waals surface area (Å²) < 4.78 is 11.8.